The van der Waals surface area contributed by atoms with Crippen LogP contribution in [0, 0.1) is 0 Å². The van der Waals surface area contributed by atoms with Crippen molar-refractivity contribution in [1.29, 1.82) is 0 Å². The van der Waals surface area contributed by atoms with Crippen molar-refractivity contribution in [2.24, 2.45) is 0 Å². The van der Waals surface area contributed by atoms with E-state index in [4.69, 9.17) is 0 Å². The van der Waals surface area contributed by atoms with E-state index in [1.165, 1.54) is 5.69 Å². The number of likely N-dealkylation sites (tertiary alicyclic amines) is 1. The molecule has 32 heavy (non-hydrogen) atoms. The second kappa shape index (κ2) is 11.0. The minimum atomic E-state index is -0.484. The smallest absolute Gasteiger partial charge is 0.327 e. The van der Waals surface area contributed by atoms with Gasteiger partial charge in [0.25, 0.3) is 0 Å². The van der Waals surface area contributed by atoms with Crippen LogP contribution < -0.4 is 15.5 Å². The molecule has 2 aliphatic heterocycles. The van der Waals surface area contributed by atoms with Gasteiger partial charge in [-0.25, -0.2) is 9.59 Å². The number of nitrogens with one attached hydrogen (secondary N) is 2. The van der Waals surface area contributed by atoms with Gasteiger partial charge in [0, 0.05) is 56.7 Å². The highest BCUT2D eigenvalue weighted by Gasteiger charge is 2.28. The van der Waals surface area contributed by atoms with Crippen LogP contribution in [-0.4, -0.2) is 67.2 Å². The van der Waals surface area contributed by atoms with Crippen molar-refractivity contribution in [3.05, 3.63) is 60.7 Å². The van der Waals surface area contributed by atoms with E-state index in [1.54, 1.807) is 12.1 Å². The maximum Gasteiger partial charge on any atom is 0.327 e. The van der Waals surface area contributed by atoms with E-state index in [1.807, 2.05) is 23.1 Å². The third-order valence-electron chi connectivity index (χ3n) is 6.41. The monoisotopic (exact) mass is 435 g/mol. The van der Waals surface area contributed by atoms with Crippen molar-refractivity contribution < 1.29 is 9.59 Å². The molecule has 4 amide bonds. The second-order valence-corrected chi connectivity index (χ2v) is 8.55. The van der Waals surface area contributed by atoms with Crippen molar-refractivity contribution in [3.63, 3.8) is 0 Å². The third-order valence-corrected chi connectivity index (χ3v) is 6.41. The number of piperazine rings is 1. The maximum atomic E-state index is 12.8. The Hall–Kier alpha value is -3.06. The van der Waals surface area contributed by atoms with Crippen LogP contribution in [0.4, 0.5) is 21.0 Å². The first-order valence-electron chi connectivity index (χ1n) is 11.6. The minimum Gasteiger partial charge on any atom is -0.369 e. The van der Waals surface area contributed by atoms with Gasteiger partial charge in [0.1, 0.15) is 0 Å². The number of benzene rings is 2. The zero-order chi connectivity index (χ0) is 22.2. The molecule has 1 atom stereocenters. The fraction of sp³-hybridized carbons (Fsp3) is 0.440. The molecule has 2 N–H and O–H groups in total. The first kappa shape index (κ1) is 22.1. The summed E-state index contributed by atoms with van der Waals surface area (Å²) in [5, 5.41) is 5.22. The Morgan fingerprint density at radius 1 is 0.844 bits per heavy atom. The van der Waals surface area contributed by atoms with Gasteiger partial charge in [-0.3, -0.25) is 10.2 Å². The summed E-state index contributed by atoms with van der Waals surface area (Å²) in [5.74, 6) is 0. The van der Waals surface area contributed by atoms with E-state index in [0.29, 0.717) is 12.2 Å². The van der Waals surface area contributed by atoms with Gasteiger partial charge in [0.2, 0.25) is 0 Å². The number of para-hydroxylation sites is 2. The van der Waals surface area contributed by atoms with Crippen LogP contribution in [0.2, 0.25) is 0 Å². The van der Waals surface area contributed by atoms with Crippen LogP contribution in [0.5, 0.6) is 0 Å². The van der Waals surface area contributed by atoms with Gasteiger partial charge in [-0.2, -0.15) is 0 Å². The number of carbonyl (C=O) groups excluding carboxylic acids is 2. The number of imide groups is 1. The van der Waals surface area contributed by atoms with Crippen LogP contribution >= 0.6 is 0 Å². The third kappa shape index (κ3) is 6.01. The van der Waals surface area contributed by atoms with Crippen LogP contribution in [0.25, 0.3) is 0 Å². The summed E-state index contributed by atoms with van der Waals surface area (Å²) in [6.07, 6.45) is 4.06. The summed E-state index contributed by atoms with van der Waals surface area (Å²) < 4.78 is 0. The Morgan fingerprint density at radius 2 is 1.53 bits per heavy atom. The van der Waals surface area contributed by atoms with Gasteiger partial charge in [-0.1, -0.05) is 36.4 Å². The molecule has 0 aromatic heterocycles. The fourth-order valence-electron chi connectivity index (χ4n) is 4.62. The molecule has 0 saturated carbocycles. The zero-order valence-electron chi connectivity index (χ0n) is 18.6. The first-order chi connectivity index (χ1) is 15.7. The summed E-state index contributed by atoms with van der Waals surface area (Å²) in [6, 6.07) is 19.1. The van der Waals surface area contributed by atoms with Crippen molar-refractivity contribution in [2.75, 3.05) is 49.5 Å². The number of piperidine rings is 1. The first-order valence-corrected chi connectivity index (χ1v) is 11.6. The summed E-state index contributed by atoms with van der Waals surface area (Å²) in [7, 11) is 0. The topological polar surface area (TPSA) is 67.9 Å². The van der Waals surface area contributed by atoms with Crippen molar-refractivity contribution in [2.45, 2.75) is 31.7 Å². The molecule has 2 aliphatic rings. The van der Waals surface area contributed by atoms with E-state index in [9.17, 15) is 9.59 Å². The lowest BCUT2D eigenvalue weighted by Crippen LogP contribution is -2.52. The molecule has 1 unspecified atom stereocenters. The maximum absolute atomic E-state index is 12.8. The minimum absolute atomic E-state index is 0.181. The van der Waals surface area contributed by atoms with Crippen LogP contribution in [0.15, 0.2) is 60.7 Å². The van der Waals surface area contributed by atoms with Crippen LogP contribution in [-0.2, 0) is 0 Å². The number of urea groups is 2. The van der Waals surface area contributed by atoms with E-state index in [-0.39, 0.29) is 12.1 Å². The Kier molecular flexibility index (Phi) is 7.61. The van der Waals surface area contributed by atoms with E-state index in [0.717, 1.165) is 58.4 Å². The SMILES string of the molecule is O=C(NC(=O)N1CCCCC1CCN1CCN(c2ccccc2)CC1)Nc1ccccc1. The fourth-order valence-corrected chi connectivity index (χ4v) is 4.62. The number of carbonyl (C=O) groups is 2. The average molecular weight is 436 g/mol. The van der Waals surface area contributed by atoms with Gasteiger partial charge in [0.15, 0.2) is 0 Å². The summed E-state index contributed by atoms with van der Waals surface area (Å²) in [4.78, 5) is 31.8. The Labute approximate surface area is 190 Å². The molecule has 0 aliphatic carbocycles. The summed E-state index contributed by atoms with van der Waals surface area (Å²) in [6.45, 7) is 5.81. The molecule has 2 saturated heterocycles. The molecular formula is C25H33N5O2. The van der Waals surface area contributed by atoms with Crippen molar-refractivity contribution in [1.82, 2.24) is 15.1 Å². The molecule has 2 aromatic carbocycles. The van der Waals surface area contributed by atoms with Crippen LogP contribution in [0.3, 0.4) is 0 Å². The van der Waals surface area contributed by atoms with Crippen molar-refractivity contribution in [3.8, 4) is 0 Å². The molecular weight excluding hydrogens is 402 g/mol. The average Bonchev–Trinajstić information content (AvgIpc) is 2.84. The lowest BCUT2D eigenvalue weighted by molar-refractivity contribution is 0.136. The molecule has 0 bridgehead atoms. The molecule has 0 radical (unpaired) electrons. The van der Waals surface area contributed by atoms with Gasteiger partial charge in [-0.05, 0) is 49.9 Å². The normalized spacial score (nSPS) is 19.4. The molecule has 2 heterocycles. The molecule has 4 rings (SSSR count). The lowest BCUT2D eigenvalue weighted by Gasteiger charge is -2.39. The van der Waals surface area contributed by atoms with Crippen molar-refractivity contribution >= 4 is 23.4 Å². The largest absolute Gasteiger partial charge is 0.369 e. The predicted molar refractivity (Wildman–Crippen MR) is 128 cm³/mol. The summed E-state index contributed by atoms with van der Waals surface area (Å²) in [5.41, 5.74) is 1.96. The van der Waals surface area contributed by atoms with Gasteiger partial charge in [-0.15, -0.1) is 0 Å². The molecule has 7 heteroatoms. The van der Waals surface area contributed by atoms with E-state index in [2.05, 4.69) is 50.8 Å². The number of hydrogen-bond acceptors (Lipinski definition) is 4. The molecule has 7 nitrogen and oxygen atoms in total. The number of rotatable bonds is 5. The second-order valence-electron chi connectivity index (χ2n) is 8.55. The highest BCUT2D eigenvalue weighted by molar-refractivity contribution is 6.00. The van der Waals surface area contributed by atoms with Crippen LogP contribution in [0.1, 0.15) is 25.7 Å². The molecule has 0 spiro atoms. The number of nitrogens with zero attached hydrogens (tertiary/aromatic N) is 3. The quantitative estimate of drug-likeness (QED) is 0.745. The zero-order valence-corrected chi connectivity index (χ0v) is 18.6. The van der Waals surface area contributed by atoms with Gasteiger partial charge < -0.3 is 15.1 Å². The Morgan fingerprint density at radius 3 is 2.25 bits per heavy atom. The van der Waals surface area contributed by atoms with Gasteiger partial charge >= 0.3 is 12.1 Å². The Balaban J connectivity index is 1.23. The number of anilines is 2. The van der Waals surface area contributed by atoms with E-state index < -0.39 is 6.03 Å². The molecule has 2 aromatic rings. The highest BCUT2D eigenvalue weighted by Crippen LogP contribution is 2.21. The summed E-state index contributed by atoms with van der Waals surface area (Å²) >= 11 is 0. The van der Waals surface area contributed by atoms with E-state index >= 15 is 0 Å². The van der Waals surface area contributed by atoms with Gasteiger partial charge in [0.05, 0.1) is 0 Å². The number of amides is 4. The lowest BCUT2D eigenvalue weighted by atomic mass is 9.99. The Bertz CT molecular complexity index is 868. The molecule has 2 fully saturated rings. The number of hydrogen-bond donors (Lipinski definition) is 2. The highest BCUT2D eigenvalue weighted by atomic mass is 16.2. The predicted octanol–water partition coefficient (Wildman–Crippen LogP) is 3.99. The standard InChI is InChI=1S/C25H33N5O2/c31-24(26-21-9-3-1-4-10-21)27-25(32)30-15-8-7-13-23(30)14-16-28-17-19-29(20-18-28)22-11-5-2-6-12-22/h1-6,9-12,23H,7-8,13-20H2,(H2,26,27,31,32). The molecule has 170 valence electrons.